The molecular formula is C21H23ClN4O2S. The maximum Gasteiger partial charge on any atom is 0.238 e. The molecule has 2 aliphatic rings. The van der Waals surface area contributed by atoms with Gasteiger partial charge in [-0.15, -0.1) is 11.8 Å². The molecule has 8 heteroatoms. The summed E-state index contributed by atoms with van der Waals surface area (Å²) in [5.41, 5.74) is 2.45. The van der Waals surface area contributed by atoms with Crippen LogP contribution in [0.3, 0.4) is 0 Å². The maximum absolute atomic E-state index is 12.8. The Morgan fingerprint density at radius 1 is 1.21 bits per heavy atom. The summed E-state index contributed by atoms with van der Waals surface area (Å²) in [6.45, 7) is 3.71. The zero-order valence-electron chi connectivity index (χ0n) is 16.2. The van der Waals surface area contributed by atoms with Crippen LogP contribution < -0.4 is 15.5 Å². The van der Waals surface area contributed by atoms with Gasteiger partial charge >= 0.3 is 0 Å². The molecular weight excluding hydrogens is 408 g/mol. The fourth-order valence-corrected chi connectivity index (χ4v) is 4.81. The van der Waals surface area contributed by atoms with Gasteiger partial charge in [0, 0.05) is 42.5 Å². The predicted molar refractivity (Wildman–Crippen MR) is 119 cm³/mol. The van der Waals surface area contributed by atoms with Gasteiger partial charge < -0.3 is 20.4 Å². The van der Waals surface area contributed by atoms with Gasteiger partial charge in [0.25, 0.3) is 0 Å². The number of carbonyl (C=O) groups is 2. The molecule has 0 spiro atoms. The first-order valence-electron chi connectivity index (χ1n) is 9.59. The fourth-order valence-electron chi connectivity index (χ4n) is 3.53. The number of hydrogen-bond acceptors (Lipinski definition) is 5. The number of fused-ring (bicyclic) bond motifs is 1. The van der Waals surface area contributed by atoms with Crippen LogP contribution in [-0.2, 0) is 9.59 Å². The first kappa shape index (κ1) is 20.1. The van der Waals surface area contributed by atoms with E-state index in [1.54, 1.807) is 6.07 Å². The molecule has 2 aromatic rings. The maximum atomic E-state index is 12.8. The van der Waals surface area contributed by atoms with Crippen LogP contribution in [0, 0.1) is 0 Å². The Hall–Kier alpha value is -2.22. The van der Waals surface area contributed by atoms with Crippen molar-refractivity contribution in [1.29, 1.82) is 0 Å². The summed E-state index contributed by atoms with van der Waals surface area (Å²) >= 11 is 7.61. The van der Waals surface area contributed by atoms with Gasteiger partial charge in [-0.3, -0.25) is 9.59 Å². The van der Waals surface area contributed by atoms with Gasteiger partial charge in [-0.2, -0.15) is 0 Å². The molecule has 2 amide bonds. The van der Waals surface area contributed by atoms with E-state index in [-0.39, 0.29) is 18.2 Å². The zero-order valence-corrected chi connectivity index (χ0v) is 17.7. The second-order valence-corrected chi connectivity index (χ2v) is 8.98. The number of carbonyl (C=O) groups excluding carboxylic acids is 2. The van der Waals surface area contributed by atoms with Crippen molar-refractivity contribution in [2.75, 3.05) is 48.8 Å². The number of anilines is 3. The van der Waals surface area contributed by atoms with Crippen molar-refractivity contribution >= 4 is 52.2 Å². The van der Waals surface area contributed by atoms with E-state index in [4.69, 9.17) is 11.6 Å². The minimum Gasteiger partial charge on any atom is -0.367 e. The molecule has 0 saturated carbocycles. The molecule has 6 nitrogen and oxygen atoms in total. The molecule has 0 radical (unpaired) electrons. The lowest BCUT2D eigenvalue weighted by Gasteiger charge is -2.35. The number of benzene rings is 2. The number of thioether (sulfide) groups is 1. The fraction of sp³-hybridized carbons (Fsp3) is 0.333. The van der Waals surface area contributed by atoms with E-state index >= 15 is 0 Å². The van der Waals surface area contributed by atoms with Crippen molar-refractivity contribution < 1.29 is 9.59 Å². The molecule has 2 heterocycles. The molecule has 0 aromatic heterocycles. The molecule has 1 unspecified atom stereocenters. The number of amides is 2. The topological polar surface area (TPSA) is 64.7 Å². The van der Waals surface area contributed by atoms with Gasteiger partial charge in [0.2, 0.25) is 11.8 Å². The molecule has 152 valence electrons. The number of halogens is 1. The highest BCUT2D eigenvalue weighted by Crippen LogP contribution is 2.37. The molecule has 0 bridgehead atoms. The monoisotopic (exact) mass is 430 g/mol. The third kappa shape index (κ3) is 4.69. The van der Waals surface area contributed by atoms with Crippen LogP contribution in [0.5, 0.6) is 0 Å². The average molecular weight is 431 g/mol. The van der Waals surface area contributed by atoms with Crippen LogP contribution in [-0.4, -0.2) is 55.2 Å². The molecule has 2 aliphatic heterocycles. The zero-order chi connectivity index (χ0) is 20.4. The Kier molecular flexibility index (Phi) is 5.99. The summed E-state index contributed by atoms with van der Waals surface area (Å²) in [4.78, 5) is 30.7. The summed E-state index contributed by atoms with van der Waals surface area (Å²) in [6, 6.07) is 13.2. The van der Waals surface area contributed by atoms with Gasteiger partial charge in [-0.05, 0) is 37.4 Å². The van der Waals surface area contributed by atoms with Gasteiger partial charge in [0.05, 0.1) is 22.3 Å². The number of para-hydroxylation sites is 1. The van der Waals surface area contributed by atoms with E-state index in [2.05, 4.69) is 27.5 Å². The Morgan fingerprint density at radius 3 is 2.76 bits per heavy atom. The SMILES string of the molecule is CN1CCN(c2ccc(Cl)cc2NC(=O)CC2Sc3ccccc3NC2=O)CC1. The van der Waals surface area contributed by atoms with Crippen molar-refractivity contribution in [3.05, 3.63) is 47.5 Å². The Labute approximate surface area is 179 Å². The number of nitrogens with zero attached hydrogens (tertiary/aromatic N) is 2. The average Bonchev–Trinajstić information content (AvgIpc) is 2.69. The molecule has 29 heavy (non-hydrogen) atoms. The number of hydrogen-bond donors (Lipinski definition) is 2. The quantitative estimate of drug-likeness (QED) is 0.776. The van der Waals surface area contributed by atoms with E-state index < -0.39 is 5.25 Å². The summed E-state index contributed by atoms with van der Waals surface area (Å²) in [6.07, 6.45) is 0.0968. The second kappa shape index (κ2) is 8.65. The number of likely N-dealkylation sites (N-methyl/N-ethyl adjacent to an activating group) is 1. The Bertz CT molecular complexity index is 931. The highest BCUT2D eigenvalue weighted by molar-refractivity contribution is 8.01. The van der Waals surface area contributed by atoms with Crippen LogP contribution in [0.1, 0.15) is 6.42 Å². The summed E-state index contributed by atoms with van der Waals surface area (Å²) in [7, 11) is 2.10. The molecule has 1 fully saturated rings. The second-order valence-electron chi connectivity index (χ2n) is 7.30. The van der Waals surface area contributed by atoms with E-state index in [1.165, 1.54) is 11.8 Å². The highest BCUT2D eigenvalue weighted by Gasteiger charge is 2.29. The standard InChI is InChI=1S/C21H23ClN4O2S/c1-25-8-10-26(11-9-25)17-7-6-14(22)12-16(17)23-20(27)13-19-21(28)24-15-4-2-3-5-18(15)29-19/h2-7,12,19H,8-11,13H2,1H3,(H,23,27)(H,24,28). The third-order valence-corrected chi connectivity index (χ3v) is 6.66. The van der Waals surface area contributed by atoms with Crippen LogP contribution in [0.2, 0.25) is 5.02 Å². The van der Waals surface area contributed by atoms with E-state index in [9.17, 15) is 9.59 Å². The largest absolute Gasteiger partial charge is 0.367 e. The predicted octanol–water partition coefficient (Wildman–Crippen LogP) is 3.53. The number of nitrogens with one attached hydrogen (secondary N) is 2. The Balaban J connectivity index is 1.46. The van der Waals surface area contributed by atoms with Crippen molar-refractivity contribution in [3.8, 4) is 0 Å². The summed E-state index contributed by atoms with van der Waals surface area (Å²) < 4.78 is 0. The molecule has 2 N–H and O–H groups in total. The van der Waals surface area contributed by atoms with Crippen molar-refractivity contribution in [2.24, 2.45) is 0 Å². The first-order valence-corrected chi connectivity index (χ1v) is 10.8. The lowest BCUT2D eigenvalue weighted by atomic mass is 10.2. The number of rotatable bonds is 4. The van der Waals surface area contributed by atoms with Crippen LogP contribution >= 0.6 is 23.4 Å². The molecule has 0 aliphatic carbocycles. The molecule has 4 rings (SSSR count). The molecule has 1 atom stereocenters. The van der Waals surface area contributed by atoms with Gasteiger partial charge in [0.15, 0.2) is 0 Å². The van der Waals surface area contributed by atoms with Crippen molar-refractivity contribution in [2.45, 2.75) is 16.6 Å². The van der Waals surface area contributed by atoms with Gasteiger partial charge in [-0.1, -0.05) is 23.7 Å². The molecule has 1 saturated heterocycles. The van der Waals surface area contributed by atoms with Gasteiger partial charge in [-0.25, -0.2) is 0 Å². The van der Waals surface area contributed by atoms with E-state index in [0.717, 1.165) is 42.4 Å². The van der Waals surface area contributed by atoms with Crippen molar-refractivity contribution in [3.63, 3.8) is 0 Å². The van der Waals surface area contributed by atoms with E-state index in [0.29, 0.717) is 10.7 Å². The number of piperazine rings is 1. The van der Waals surface area contributed by atoms with E-state index in [1.807, 2.05) is 36.4 Å². The summed E-state index contributed by atoms with van der Waals surface area (Å²) in [5.74, 6) is -0.344. The normalized spacial score (nSPS) is 19.4. The van der Waals surface area contributed by atoms with Crippen LogP contribution in [0.4, 0.5) is 17.1 Å². The van der Waals surface area contributed by atoms with Crippen molar-refractivity contribution in [1.82, 2.24) is 4.90 Å². The summed E-state index contributed by atoms with van der Waals surface area (Å²) in [5, 5.41) is 5.97. The van der Waals surface area contributed by atoms with Crippen LogP contribution in [0.15, 0.2) is 47.4 Å². The minimum absolute atomic E-state index is 0.0968. The van der Waals surface area contributed by atoms with Crippen LogP contribution in [0.25, 0.3) is 0 Å². The minimum atomic E-state index is -0.462. The first-order chi connectivity index (χ1) is 14.0. The lowest BCUT2D eigenvalue weighted by Crippen LogP contribution is -2.44. The lowest BCUT2D eigenvalue weighted by molar-refractivity contribution is -0.120. The Morgan fingerprint density at radius 2 is 1.97 bits per heavy atom. The third-order valence-electron chi connectivity index (χ3n) is 5.15. The smallest absolute Gasteiger partial charge is 0.238 e. The highest BCUT2D eigenvalue weighted by atomic mass is 35.5. The van der Waals surface area contributed by atoms with Gasteiger partial charge in [0.1, 0.15) is 0 Å². The molecule has 2 aromatic carbocycles.